The van der Waals surface area contributed by atoms with Crippen LogP contribution in [0.3, 0.4) is 0 Å². The maximum absolute atomic E-state index is 6.72. The van der Waals surface area contributed by atoms with Gasteiger partial charge in [0.1, 0.15) is 17.1 Å². The highest BCUT2D eigenvalue weighted by Crippen LogP contribution is 2.45. The van der Waals surface area contributed by atoms with Crippen LogP contribution >= 0.6 is 23.2 Å². The monoisotopic (exact) mass is 448 g/mol. The van der Waals surface area contributed by atoms with E-state index in [4.69, 9.17) is 38.4 Å². The molecule has 1 aliphatic rings. The summed E-state index contributed by atoms with van der Waals surface area (Å²) in [5.74, 6) is 2.25. The molecule has 1 saturated heterocycles. The highest BCUT2D eigenvalue weighted by molar-refractivity contribution is 6.33. The fourth-order valence-electron chi connectivity index (χ4n) is 4.36. The summed E-state index contributed by atoms with van der Waals surface area (Å²) in [6, 6.07) is 1.99. The summed E-state index contributed by atoms with van der Waals surface area (Å²) in [5.41, 5.74) is 9.90. The smallest absolute Gasteiger partial charge is 0.158 e. The van der Waals surface area contributed by atoms with E-state index in [-0.39, 0.29) is 5.92 Å². The summed E-state index contributed by atoms with van der Waals surface area (Å²) >= 11 is 13.1. The summed E-state index contributed by atoms with van der Waals surface area (Å²) in [4.78, 5) is 8.75. The van der Waals surface area contributed by atoms with Gasteiger partial charge in [0.2, 0.25) is 0 Å². The molecule has 1 aliphatic heterocycles. The lowest BCUT2D eigenvalue weighted by molar-refractivity contribution is 0.0845. The zero-order chi connectivity index (χ0) is 21.4. The maximum Gasteiger partial charge on any atom is 0.158 e. The van der Waals surface area contributed by atoms with Crippen LogP contribution in [0.5, 0.6) is 5.75 Å². The van der Waals surface area contributed by atoms with Crippen LogP contribution < -0.4 is 10.5 Å². The van der Waals surface area contributed by atoms with E-state index in [0.717, 1.165) is 53.8 Å². The number of hydrogen-bond acceptors (Lipinski definition) is 5. The molecule has 160 valence electrons. The van der Waals surface area contributed by atoms with Crippen molar-refractivity contribution in [2.45, 2.75) is 45.4 Å². The van der Waals surface area contributed by atoms with Gasteiger partial charge in [0.05, 0.1) is 6.61 Å². The Kier molecular flexibility index (Phi) is 6.09. The molecule has 3 heterocycles. The molecule has 6 nitrogen and oxygen atoms in total. The lowest BCUT2D eigenvalue weighted by Crippen LogP contribution is -2.18. The molecule has 30 heavy (non-hydrogen) atoms. The zero-order valence-electron chi connectivity index (χ0n) is 17.4. The van der Waals surface area contributed by atoms with Gasteiger partial charge >= 0.3 is 0 Å². The molecule has 0 amide bonds. The van der Waals surface area contributed by atoms with Crippen molar-refractivity contribution in [1.82, 2.24) is 14.4 Å². The van der Waals surface area contributed by atoms with Gasteiger partial charge in [-0.15, -0.1) is 0 Å². The molecular weight excluding hydrogens is 423 g/mol. The third kappa shape index (κ3) is 3.61. The van der Waals surface area contributed by atoms with Crippen LogP contribution in [0.2, 0.25) is 10.2 Å². The molecule has 3 aromatic rings. The molecular formula is C22H26Cl2N4O2. The molecule has 0 bridgehead atoms. The molecule has 4 rings (SSSR count). The van der Waals surface area contributed by atoms with Crippen LogP contribution in [0.15, 0.2) is 18.5 Å². The summed E-state index contributed by atoms with van der Waals surface area (Å²) < 4.78 is 13.7. The van der Waals surface area contributed by atoms with Crippen LogP contribution in [0.4, 0.5) is 5.82 Å². The second-order valence-corrected chi connectivity index (χ2v) is 8.41. The average Bonchev–Trinajstić information content (AvgIpc) is 3.09. The predicted octanol–water partition coefficient (Wildman–Crippen LogP) is 5.37. The topological polar surface area (TPSA) is 74.7 Å². The summed E-state index contributed by atoms with van der Waals surface area (Å²) in [6.45, 7) is 8.22. The number of anilines is 1. The first kappa shape index (κ1) is 21.2. The normalized spacial score (nSPS) is 16.2. The molecule has 2 aromatic heterocycles. The molecule has 1 atom stereocenters. The van der Waals surface area contributed by atoms with Crippen molar-refractivity contribution >= 4 is 34.5 Å². The number of imidazole rings is 1. The quantitative estimate of drug-likeness (QED) is 0.567. The third-order valence-electron chi connectivity index (χ3n) is 5.89. The largest absolute Gasteiger partial charge is 0.493 e. The SMILES string of the molecule is CCOc1c([C@H](C)c2nc(Cl)c3c(N)nccn23)cc(Cl)c(C)c1C1CCOCC1. The van der Waals surface area contributed by atoms with E-state index < -0.39 is 0 Å². The van der Waals surface area contributed by atoms with E-state index in [9.17, 15) is 0 Å². The first-order chi connectivity index (χ1) is 14.4. The second kappa shape index (κ2) is 8.61. The van der Waals surface area contributed by atoms with Crippen LogP contribution in [-0.2, 0) is 4.74 Å². The molecule has 0 spiro atoms. The van der Waals surface area contributed by atoms with Crippen molar-refractivity contribution in [2.24, 2.45) is 0 Å². The van der Waals surface area contributed by atoms with Gasteiger partial charge in [-0.2, -0.15) is 0 Å². The first-order valence-electron chi connectivity index (χ1n) is 10.2. The first-order valence-corrected chi connectivity index (χ1v) is 11.0. The minimum Gasteiger partial charge on any atom is -0.493 e. The minimum absolute atomic E-state index is 0.120. The molecule has 0 unspecified atom stereocenters. The number of nitrogens with two attached hydrogens (primary N) is 1. The van der Waals surface area contributed by atoms with Gasteiger partial charge in [-0.1, -0.05) is 30.1 Å². The zero-order valence-corrected chi connectivity index (χ0v) is 18.9. The average molecular weight is 449 g/mol. The lowest BCUT2D eigenvalue weighted by atomic mass is 9.84. The Morgan fingerprint density at radius 2 is 2.07 bits per heavy atom. The Morgan fingerprint density at radius 1 is 1.33 bits per heavy atom. The number of halogens is 2. The fourth-order valence-corrected chi connectivity index (χ4v) is 4.85. The highest BCUT2D eigenvalue weighted by atomic mass is 35.5. The van der Waals surface area contributed by atoms with E-state index in [1.165, 1.54) is 5.56 Å². The van der Waals surface area contributed by atoms with E-state index in [1.54, 1.807) is 6.20 Å². The molecule has 8 heteroatoms. The van der Waals surface area contributed by atoms with Gasteiger partial charge in [-0.05, 0) is 44.2 Å². The van der Waals surface area contributed by atoms with Crippen molar-refractivity contribution < 1.29 is 9.47 Å². The number of rotatable bonds is 5. The number of aromatic nitrogens is 3. The van der Waals surface area contributed by atoms with Gasteiger partial charge < -0.3 is 15.2 Å². The Hall–Kier alpha value is -2.02. The van der Waals surface area contributed by atoms with Gasteiger partial charge in [0.15, 0.2) is 11.0 Å². The molecule has 0 saturated carbocycles. The molecule has 0 radical (unpaired) electrons. The van der Waals surface area contributed by atoms with Crippen molar-refractivity contribution in [2.75, 3.05) is 25.6 Å². The number of fused-ring (bicyclic) bond motifs is 1. The van der Waals surface area contributed by atoms with Gasteiger partial charge in [-0.3, -0.25) is 4.40 Å². The highest BCUT2D eigenvalue weighted by Gasteiger charge is 2.29. The van der Waals surface area contributed by atoms with Gasteiger partial charge in [0, 0.05) is 47.7 Å². The summed E-state index contributed by atoms with van der Waals surface area (Å²) in [6.07, 6.45) is 5.38. The Bertz CT molecular complexity index is 1080. The minimum atomic E-state index is -0.120. The number of ether oxygens (including phenoxy) is 2. The van der Waals surface area contributed by atoms with Crippen molar-refractivity contribution in [3.8, 4) is 5.75 Å². The number of nitrogen functional groups attached to an aromatic ring is 1. The number of benzene rings is 1. The van der Waals surface area contributed by atoms with Crippen molar-refractivity contribution in [3.05, 3.63) is 51.2 Å². The van der Waals surface area contributed by atoms with E-state index in [0.29, 0.717) is 29.0 Å². The van der Waals surface area contributed by atoms with Crippen LogP contribution in [0.1, 0.15) is 61.0 Å². The van der Waals surface area contributed by atoms with Gasteiger partial charge in [-0.25, -0.2) is 9.97 Å². The summed E-state index contributed by atoms with van der Waals surface area (Å²) in [7, 11) is 0. The second-order valence-electron chi connectivity index (χ2n) is 7.65. The standard InChI is InChI=1S/C22H26Cl2N4O2/c1-4-30-19-15(11-16(23)13(3)17(19)14-5-9-29-10-6-14)12(2)22-27-20(24)18-21(25)26-7-8-28(18)22/h7-8,11-12,14H,4-6,9-10H2,1-3H3,(H2,25,26)/t12-/m0/s1. The number of nitrogens with zero attached hydrogens (tertiary/aromatic N) is 3. The van der Waals surface area contributed by atoms with Gasteiger partial charge in [0.25, 0.3) is 0 Å². The van der Waals surface area contributed by atoms with Crippen molar-refractivity contribution in [3.63, 3.8) is 0 Å². The summed E-state index contributed by atoms with van der Waals surface area (Å²) in [5, 5.41) is 1.07. The van der Waals surface area contributed by atoms with Crippen LogP contribution in [0, 0.1) is 6.92 Å². The van der Waals surface area contributed by atoms with Crippen LogP contribution in [0.25, 0.3) is 5.52 Å². The van der Waals surface area contributed by atoms with E-state index >= 15 is 0 Å². The lowest BCUT2D eigenvalue weighted by Gasteiger charge is -2.29. The Morgan fingerprint density at radius 3 is 2.77 bits per heavy atom. The molecule has 2 N–H and O–H groups in total. The van der Waals surface area contributed by atoms with Crippen LogP contribution in [-0.4, -0.2) is 34.2 Å². The fraction of sp³-hybridized carbons (Fsp3) is 0.455. The third-order valence-corrected chi connectivity index (χ3v) is 6.55. The predicted molar refractivity (Wildman–Crippen MR) is 120 cm³/mol. The Balaban J connectivity index is 1.90. The molecule has 0 aliphatic carbocycles. The maximum atomic E-state index is 6.72. The Labute approximate surface area is 186 Å². The molecule has 1 aromatic carbocycles. The number of hydrogen-bond donors (Lipinski definition) is 1. The molecule has 1 fully saturated rings. The van der Waals surface area contributed by atoms with E-state index in [2.05, 4.69) is 23.8 Å². The van der Waals surface area contributed by atoms with E-state index in [1.807, 2.05) is 23.6 Å². The van der Waals surface area contributed by atoms with Crippen molar-refractivity contribution in [1.29, 1.82) is 0 Å².